The molecule has 0 saturated carbocycles. The zero-order valence-corrected chi connectivity index (χ0v) is 29.8. The number of ether oxygens (including phenoxy) is 2. The van der Waals surface area contributed by atoms with Crippen molar-refractivity contribution in [2.45, 2.75) is 69.6 Å². The number of amides is 2. The van der Waals surface area contributed by atoms with Gasteiger partial charge in [0, 0.05) is 6.26 Å². The van der Waals surface area contributed by atoms with Crippen LogP contribution in [-0.2, 0) is 55.1 Å². The van der Waals surface area contributed by atoms with Crippen LogP contribution in [0.25, 0.3) is 0 Å². The molecule has 0 aliphatic heterocycles. The van der Waals surface area contributed by atoms with Crippen molar-refractivity contribution < 1.29 is 42.5 Å². The van der Waals surface area contributed by atoms with Crippen LogP contribution in [0.4, 0.5) is 4.79 Å². The van der Waals surface area contributed by atoms with Gasteiger partial charge in [0.25, 0.3) is 5.91 Å². The second-order valence-electron chi connectivity index (χ2n) is 12.4. The number of aliphatic hydroxyl groups excluding tert-OH is 1. The summed E-state index contributed by atoms with van der Waals surface area (Å²) in [5.74, 6) is -2.24. The Morgan fingerprint density at radius 1 is 0.686 bits per heavy atom. The third-order valence-electron chi connectivity index (χ3n) is 7.52. The smallest absolute Gasteiger partial charge is 0.407 e. The first kappa shape index (κ1) is 40.4. The van der Waals surface area contributed by atoms with Crippen LogP contribution in [0.3, 0.4) is 0 Å². The normalized spacial score (nSPS) is 12.8. The van der Waals surface area contributed by atoms with Gasteiger partial charge in [-0.15, -0.1) is 0 Å². The van der Waals surface area contributed by atoms with E-state index in [-0.39, 0.29) is 30.3 Å². The zero-order valence-electron chi connectivity index (χ0n) is 29.0. The van der Waals surface area contributed by atoms with Gasteiger partial charge in [-0.25, -0.2) is 18.0 Å². The van der Waals surface area contributed by atoms with E-state index in [1.807, 2.05) is 42.5 Å². The molecule has 0 radical (unpaired) electrons. The van der Waals surface area contributed by atoms with E-state index in [0.29, 0.717) is 18.8 Å². The van der Waals surface area contributed by atoms with Gasteiger partial charge in [-0.05, 0) is 53.1 Å². The molecule has 0 spiro atoms. The van der Waals surface area contributed by atoms with E-state index >= 15 is 0 Å². The zero-order chi connectivity index (χ0) is 37.2. The van der Waals surface area contributed by atoms with E-state index in [0.717, 1.165) is 11.8 Å². The molecule has 272 valence electrons. The van der Waals surface area contributed by atoms with E-state index in [1.54, 1.807) is 38.1 Å². The first-order valence-electron chi connectivity index (χ1n) is 16.4. The van der Waals surface area contributed by atoms with Gasteiger partial charge in [0.1, 0.15) is 12.6 Å². The summed E-state index contributed by atoms with van der Waals surface area (Å²) in [4.78, 5) is 36.8. The van der Waals surface area contributed by atoms with Gasteiger partial charge in [-0.2, -0.15) is 0 Å². The van der Waals surface area contributed by atoms with Crippen LogP contribution in [-0.4, -0.2) is 61.0 Å². The van der Waals surface area contributed by atoms with Gasteiger partial charge in [0.15, 0.2) is 15.9 Å². The molecule has 0 aliphatic carbocycles. The number of aliphatic hydroxyl groups is 1. The lowest BCUT2D eigenvalue weighted by Gasteiger charge is -2.25. The van der Waals surface area contributed by atoms with Crippen molar-refractivity contribution in [3.63, 3.8) is 0 Å². The Morgan fingerprint density at radius 2 is 1.16 bits per heavy atom. The van der Waals surface area contributed by atoms with Crippen LogP contribution in [0.1, 0.15) is 42.5 Å². The van der Waals surface area contributed by atoms with Crippen LogP contribution < -0.4 is 10.6 Å². The van der Waals surface area contributed by atoms with Crippen LogP contribution in [0.15, 0.2) is 120 Å². The molecule has 0 bridgehead atoms. The van der Waals surface area contributed by atoms with Crippen LogP contribution in [0.2, 0.25) is 0 Å². The summed E-state index contributed by atoms with van der Waals surface area (Å²) in [6.07, 6.45) is -1.53. The number of nitrogens with one attached hydrogen (secondary N) is 2. The second kappa shape index (κ2) is 20.6. The molecule has 4 aromatic rings. The van der Waals surface area contributed by atoms with Crippen LogP contribution >= 0.6 is 0 Å². The molecule has 4 N–H and O–H groups in total. The molecule has 51 heavy (non-hydrogen) atoms. The lowest BCUT2D eigenvalue weighted by Crippen LogP contribution is -2.54. The summed E-state index contributed by atoms with van der Waals surface area (Å²) in [7, 11) is -3.42. The van der Waals surface area contributed by atoms with Crippen molar-refractivity contribution in [3.8, 4) is 0 Å². The van der Waals surface area contributed by atoms with Gasteiger partial charge in [-0.1, -0.05) is 117 Å². The Bertz CT molecular complexity index is 1710. The Balaban J connectivity index is 0.000000386. The van der Waals surface area contributed by atoms with E-state index in [9.17, 15) is 33.0 Å². The second-order valence-corrected chi connectivity index (χ2v) is 14.4. The topological polar surface area (TPSA) is 168 Å². The SMILES string of the molecule is CC(C)C[C@H](NC(=O)[C@@H](O)[C@@H](Cc1ccc(S(C)(=O)=O)cc1)NC(=O)OCc1ccccc1)C(=O)O.c1ccc(COCc2ccccc2)cc1. The molecule has 0 saturated heterocycles. The monoisotopic (exact) mass is 718 g/mol. The Hall–Kier alpha value is -5.04. The van der Waals surface area contributed by atoms with Gasteiger partial charge in [-0.3, -0.25) is 4.79 Å². The fourth-order valence-electron chi connectivity index (χ4n) is 4.85. The molecule has 3 atom stereocenters. The molecule has 0 aliphatic rings. The Labute approximate surface area is 299 Å². The highest BCUT2D eigenvalue weighted by Gasteiger charge is 2.32. The molecule has 12 heteroatoms. The number of carbonyl (C=O) groups is 3. The highest BCUT2D eigenvalue weighted by Crippen LogP contribution is 2.14. The number of hydrogen-bond acceptors (Lipinski definition) is 8. The molecule has 11 nitrogen and oxygen atoms in total. The Kier molecular flexibility index (Phi) is 16.3. The molecule has 0 heterocycles. The maximum atomic E-state index is 12.7. The fourth-order valence-corrected chi connectivity index (χ4v) is 5.48. The van der Waals surface area contributed by atoms with E-state index in [4.69, 9.17) is 9.47 Å². The van der Waals surface area contributed by atoms with Crippen molar-refractivity contribution in [2.24, 2.45) is 5.92 Å². The molecule has 2 amide bonds. The standard InChI is InChI=1S/C25H32N2O8S.C14H14O/c1-16(2)13-21(24(30)31)26-23(29)22(28)20(14-17-9-11-19(12-10-17)36(3,33)34)27-25(32)35-15-18-7-5-4-6-8-18;1-3-7-13(8-4-1)11-15-12-14-9-5-2-6-10-14/h4-12,16,20-22,28H,13-15H2,1-3H3,(H,26,29)(H,27,32)(H,30,31);1-10H,11-12H2/t20-,21+,22+;/m1./s1. The van der Waals surface area contributed by atoms with Crippen LogP contribution in [0.5, 0.6) is 0 Å². The first-order chi connectivity index (χ1) is 24.3. The van der Waals surface area contributed by atoms with Crippen molar-refractivity contribution in [1.82, 2.24) is 10.6 Å². The average molecular weight is 719 g/mol. The maximum Gasteiger partial charge on any atom is 0.407 e. The van der Waals surface area contributed by atoms with Gasteiger partial charge in [0.2, 0.25) is 0 Å². The summed E-state index contributed by atoms with van der Waals surface area (Å²) < 4.78 is 34.2. The highest BCUT2D eigenvalue weighted by molar-refractivity contribution is 7.90. The summed E-state index contributed by atoms with van der Waals surface area (Å²) >= 11 is 0. The number of carbonyl (C=O) groups excluding carboxylic acids is 2. The molecular weight excluding hydrogens is 673 g/mol. The minimum atomic E-state index is -3.42. The quantitative estimate of drug-likeness (QED) is 0.120. The number of carboxylic acids is 1. The van der Waals surface area contributed by atoms with Crippen molar-refractivity contribution in [3.05, 3.63) is 138 Å². The minimum Gasteiger partial charge on any atom is -0.480 e. The number of carboxylic acid groups (broad SMARTS) is 1. The van der Waals surface area contributed by atoms with Gasteiger partial charge < -0.3 is 30.3 Å². The highest BCUT2D eigenvalue weighted by atomic mass is 32.2. The van der Waals surface area contributed by atoms with Crippen molar-refractivity contribution in [2.75, 3.05) is 6.26 Å². The third-order valence-corrected chi connectivity index (χ3v) is 8.65. The third kappa shape index (κ3) is 15.2. The molecule has 4 rings (SSSR count). The number of hydrogen-bond donors (Lipinski definition) is 4. The number of rotatable bonds is 16. The fraction of sp³-hybridized carbons (Fsp3) is 0.308. The van der Waals surface area contributed by atoms with E-state index < -0.39 is 46.0 Å². The van der Waals surface area contributed by atoms with Gasteiger partial charge >= 0.3 is 12.1 Å². The number of benzene rings is 4. The van der Waals surface area contributed by atoms with Crippen LogP contribution in [0, 0.1) is 5.92 Å². The van der Waals surface area contributed by atoms with Crippen molar-refractivity contribution >= 4 is 27.8 Å². The first-order valence-corrected chi connectivity index (χ1v) is 18.3. The number of alkyl carbamates (subject to hydrolysis) is 1. The minimum absolute atomic E-state index is 0.0289. The average Bonchev–Trinajstić information content (AvgIpc) is 3.11. The summed E-state index contributed by atoms with van der Waals surface area (Å²) in [6, 6.07) is 32.7. The summed E-state index contributed by atoms with van der Waals surface area (Å²) in [5.41, 5.74) is 3.69. The Morgan fingerprint density at radius 3 is 1.59 bits per heavy atom. The van der Waals surface area contributed by atoms with Crippen molar-refractivity contribution in [1.29, 1.82) is 0 Å². The predicted molar refractivity (Wildman–Crippen MR) is 193 cm³/mol. The maximum absolute atomic E-state index is 12.7. The number of aliphatic carboxylic acids is 1. The molecule has 0 aromatic heterocycles. The molecule has 0 fully saturated rings. The lowest BCUT2D eigenvalue weighted by molar-refractivity contribution is -0.144. The summed E-state index contributed by atoms with van der Waals surface area (Å²) in [6.45, 7) is 4.91. The van der Waals surface area contributed by atoms with Gasteiger partial charge in [0.05, 0.1) is 24.2 Å². The lowest BCUT2D eigenvalue weighted by atomic mass is 9.99. The predicted octanol–water partition coefficient (Wildman–Crippen LogP) is 5.31. The van der Waals surface area contributed by atoms with E-state index in [2.05, 4.69) is 34.9 Å². The molecule has 4 aromatic carbocycles. The largest absolute Gasteiger partial charge is 0.480 e. The number of sulfone groups is 1. The summed E-state index contributed by atoms with van der Waals surface area (Å²) in [5, 5.41) is 24.9. The van der Waals surface area contributed by atoms with E-state index in [1.165, 1.54) is 35.4 Å². The molecular formula is C39H46N2O9S. The molecule has 0 unspecified atom stereocenters.